The van der Waals surface area contributed by atoms with E-state index in [1.165, 1.54) is 24.0 Å². The van der Waals surface area contributed by atoms with Gasteiger partial charge in [-0.15, -0.1) is 0 Å². The molecule has 1 aromatic carbocycles. The van der Waals surface area contributed by atoms with Crippen LogP contribution in [-0.4, -0.2) is 17.5 Å². The number of carbonyl (C=O) groups excluding carboxylic acids is 1. The van der Waals surface area contributed by atoms with E-state index in [4.69, 9.17) is 0 Å². The van der Waals surface area contributed by atoms with Crippen LogP contribution in [0, 0.1) is 0 Å². The molecule has 1 unspecified atom stereocenters. The highest BCUT2D eigenvalue weighted by Gasteiger charge is 2.22. The predicted molar refractivity (Wildman–Crippen MR) is 84.1 cm³/mol. The van der Waals surface area contributed by atoms with Crippen LogP contribution >= 0.6 is 0 Å². The van der Waals surface area contributed by atoms with Crippen LogP contribution in [0.15, 0.2) is 18.2 Å². The summed E-state index contributed by atoms with van der Waals surface area (Å²) in [6, 6.07) is 6.24. The van der Waals surface area contributed by atoms with Crippen molar-refractivity contribution in [3.05, 3.63) is 29.3 Å². The molecule has 1 aromatic rings. The zero-order valence-electron chi connectivity index (χ0n) is 13.0. The Morgan fingerprint density at radius 1 is 1.30 bits per heavy atom. The number of rotatable bonds is 5. The van der Waals surface area contributed by atoms with Crippen molar-refractivity contribution in [2.24, 2.45) is 0 Å². The summed E-state index contributed by atoms with van der Waals surface area (Å²) in [5.41, 5.74) is 3.78. The van der Waals surface area contributed by atoms with Gasteiger partial charge in [0.05, 0.1) is 0 Å². The Morgan fingerprint density at radius 3 is 2.70 bits per heavy atom. The Bertz CT molecular complexity index is 494. The van der Waals surface area contributed by atoms with E-state index in [0.29, 0.717) is 0 Å². The molecule has 0 radical (unpaired) electrons. The number of nitrogens with one attached hydrogen (secondary N) is 2. The van der Waals surface area contributed by atoms with E-state index in [1.807, 2.05) is 20.8 Å². The summed E-state index contributed by atoms with van der Waals surface area (Å²) in [6.07, 6.45) is 4.52. The Morgan fingerprint density at radius 2 is 2.00 bits per heavy atom. The van der Waals surface area contributed by atoms with Crippen molar-refractivity contribution < 1.29 is 4.79 Å². The highest BCUT2D eigenvalue weighted by molar-refractivity contribution is 5.84. The van der Waals surface area contributed by atoms with Crippen LogP contribution in [0.25, 0.3) is 0 Å². The fraction of sp³-hybridized carbons (Fsp3) is 0.588. The second-order valence-electron chi connectivity index (χ2n) is 6.43. The molecule has 0 heterocycles. The van der Waals surface area contributed by atoms with Gasteiger partial charge in [-0.1, -0.05) is 13.0 Å². The molecule has 0 spiro atoms. The first-order valence-electron chi connectivity index (χ1n) is 7.61. The van der Waals surface area contributed by atoms with Crippen LogP contribution < -0.4 is 10.6 Å². The molecule has 2 rings (SSSR count). The van der Waals surface area contributed by atoms with Gasteiger partial charge in [-0.2, -0.15) is 0 Å². The van der Waals surface area contributed by atoms with Gasteiger partial charge in [0.1, 0.15) is 6.04 Å². The lowest BCUT2D eigenvalue weighted by Crippen LogP contribution is -2.48. The van der Waals surface area contributed by atoms with Gasteiger partial charge < -0.3 is 10.6 Å². The first-order chi connectivity index (χ1) is 9.41. The maximum atomic E-state index is 12.2. The van der Waals surface area contributed by atoms with Gasteiger partial charge in [0.15, 0.2) is 0 Å². The molecule has 20 heavy (non-hydrogen) atoms. The van der Waals surface area contributed by atoms with Crippen molar-refractivity contribution in [3.8, 4) is 0 Å². The predicted octanol–water partition coefficient (Wildman–Crippen LogP) is 3.28. The summed E-state index contributed by atoms with van der Waals surface area (Å²) in [5, 5.41) is 6.38. The van der Waals surface area contributed by atoms with Gasteiger partial charge in [-0.25, -0.2) is 0 Å². The maximum Gasteiger partial charge on any atom is 0.242 e. The number of amides is 1. The quantitative estimate of drug-likeness (QED) is 0.865. The molecule has 0 saturated heterocycles. The minimum atomic E-state index is -0.222. The minimum Gasteiger partial charge on any atom is -0.374 e. The number of carbonyl (C=O) groups is 1. The highest BCUT2D eigenvalue weighted by atomic mass is 16.2. The molecule has 0 aromatic heterocycles. The summed E-state index contributed by atoms with van der Waals surface area (Å²) >= 11 is 0. The average molecular weight is 274 g/mol. The number of hydrogen-bond donors (Lipinski definition) is 2. The molecule has 3 heteroatoms. The van der Waals surface area contributed by atoms with E-state index >= 15 is 0 Å². The number of aryl methyl sites for hydroxylation is 2. The second-order valence-corrected chi connectivity index (χ2v) is 6.43. The van der Waals surface area contributed by atoms with E-state index in [-0.39, 0.29) is 17.5 Å². The molecule has 110 valence electrons. The highest BCUT2D eigenvalue weighted by Crippen LogP contribution is 2.25. The SMILES string of the molecule is CCC(C)(C)NC(=O)C(C)Nc1ccc2c(c1)CCC2. The van der Waals surface area contributed by atoms with E-state index in [2.05, 4.69) is 35.8 Å². The zero-order valence-corrected chi connectivity index (χ0v) is 13.0. The van der Waals surface area contributed by atoms with Gasteiger partial charge >= 0.3 is 0 Å². The molecule has 0 fully saturated rings. The molecular weight excluding hydrogens is 248 g/mol. The topological polar surface area (TPSA) is 41.1 Å². The smallest absolute Gasteiger partial charge is 0.242 e. The molecular formula is C17H26N2O. The van der Waals surface area contributed by atoms with E-state index in [1.54, 1.807) is 0 Å². The van der Waals surface area contributed by atoms with E-state index < -0.39 is 0 Å². The number of fused-ring (bicyclic) bond motifs is 1. The van der Waals surface area contributed by atoms with Gasteiger partial charge in [0.25, 0.3) is 0 Å². The summed E-state index contributed by atoms with van der Waals surface area (Å²) in [6.45, 7) is 8.09. The van der Waals surface area contributed by atoms with Crippen molar-refractivity contribution >= 4 is 11.6 Å². The summed E-state index contributed by atoms with van der Waals surface area (Å²) in [5.74, 6) is 0.0531. The van der Waals surface area contributed by atoms with Crippen molar-refractivity contribution in [2.45, 2.75) is 65.0 Å². The molecule has 1 aliphatic carbocycles. The van der Waals surface area contributed by atoms with Gasteiger partial charge in [-0.3, -0.25) is 4.79 Å². The zero-order chi connectivity index (χ0) is 14.8. The molecule has 2 N–H and O–H groups in total. The van der Waals surface area contributed by atoms with Crippen LogP contribution in [0.3, 0.4) is 0 Å². The van der Waals surface area contributed by atoms with E-state index in [0.717, 1.165) is 18.5 Å². The van der Waals surface area contributed by atoms with Crippen LogP contribution in [-0.2, 0) is 17.6 Å². The summed E-state index contributed by atoms with van der Waals surface area (Å²) in [4.78, 5) is 12.2. The number of anilines is 1. The third kappa shape index (κ3) is 3.53. The van der Waals surface area contributed by atoms with Crippen molar-refractivity contribution in [1.29, 1.82) is 0 Å². The Kier molecular flexibility index (Phi) is 4.36. The van der Waals surface area contributed by atoms with Crippen LogP contribution in [0.1, 0.15) is 51.7 Å². The Balaban J connectivity index is 1.97. The third-order valence-electron chi connectivity index (χ3n) is 4.22. The van der Waals surface area contributed by atoms with Crippen LogP contribution in [0.5, 0.6) is 0 Å². The molecule has 1 aliphatic rings. The molecule has 1 amide bonds. The summed E-state index contributed by atoms with van der Waals surface area (Å²) in [7, 11) is 0. The number of hydrogen-bond acceptors (Lipinski definition) is 2. The lowest BCUT2D eigenvalue weighted by molar-refractivity contribution is -0.123. The molecule has 3 nitrogen and oxygen atoms in total. The van der Waals surface area contributed by atoms with Gasteiger partial charge in [-0.05, 0) is 69.7 Å². The molecule has 0 bridgehead atoms. The van der Waals surface area contributed by atoms with Gasteiger partial charge in [0.2, 0.25) is 5.91 Å². The fourth-order valence-corrected chi connectivity index (χ4v) is 2.51. The molecule has 1 atom stereocenters. The third-order valence-corrected chi connectivity index (χ3v) is 4.22. The monoisotopic (exact) mass is 274 g/mol. The van der Waals surface area contributed by atoms with E-state index in [9.17, 15) is 4.79 Å². The first-order valence-corrected chi connectivity index (χ1v) is 7.61. The van der Waals surface area contributed by atoms with Gasteiger partial charge in [0, 0.05) is 11.2 Å². The van der Waals surface area contributed by atoms with Crippen LogP contribution in [0.2, 0.25) is 0 Å². The normalized spacial score (nSPS) is 15.6. The van der Waals surface area contributed by atoms with Crippen molar-refractivity contribution in [3.63, 3.8) is 0 Å². The lowest BCUT2D eigenvalue weighted by Gasteiger charge is -2.27. The fourth-order valence-electron chi connectivity index (χ4n) is 2.51. The Labute approximate surface area is 122 Å². The van der Waals surface area contributed by atoms with Crippen molar-refractivity contribution in [2.75, 3.05) is 5.32 Å². The standard InChI is InChI=1S/C17H26N2O/c1-5-17(3,4)19-16(20)12(2)18-15-10-9-13-7-6-8-14(13)11-15/h9-12,18H,5-8H2,1-4H3,(H,19,20). The lowest BCUT2D eigenvalue weighted by atomic mass is 10.0. The van der Waals surface area contributed by atoms with Crippen molar-refractivity contribution in [1.82, 2.24) is 5.32 Å². The average Bonchev–Trinajstić information content (AvgIpc) is 2.85. The largest absolute Gasteiger partial charge is 0.374 e. The molecule has 0 saturated carbocycles. The number of benzene rings is 1. The molecule has 0 aliphatic heterocycles. The second kappa shape index (κ2) is 5.86. The first kappa shape index (κ1) is 14.9. The minimum absolute atomic E-state index is 0.0531. The summed E-state index contributed by atoms with van der Waals surface area (Å²) < 4.78 is 0. The van der Waals surface area contributed by atoms with Crippen LogP contribution in [0.4, 0.5) is 5.69 Å². The maximum absolute atomic E-state index is 12.2. The Hall–Kier alpha value is -1.51.